The fourth-order valence-corrected chi connectivity index (χ4v) is 1.81. The van der Waals surface area contributed by atoms with E-state index in [1.165, 1.54) is 18.2 Å². The molecular formula is C13H17ClN2O5. The number of nitro benzene ring substituents is 1. The van der Waals surface area contributed by atoms with E-state index in [4.69, 9.17) is 21.4 Å². The summed E-state index contributed by atoms with van der Waals surface area (Å²) >= 11 is 5.88. The minimum Gasteiger partial charge on any atom is -0.492 e. The number of carbonyl (C=O) groups is 1. The summed E-state index contributed by atoms with van der Waals surface area (Å²) in [7, 11) is 0. The first kappa shape index (κ1) is 17.2. The molecule has 116 valence electrons. The molecule has 21 heavy (non-hydrogen) atoms. The molecule has 1 unspecified atom stereocenters. The lowest BCUT2D eigenvalue weighted by molar-refractivity contribution is -0.384. The Morgan fingerprint density at radius 3 is 2.86 bits per heavy atom. The van der Waals surface area contributed by atoms with E-state index in [9.17, 15) is 14.9 Å². The molecule has 0 saturated carbocycles. The van der Waals surface area contributed by atoms with Crippen LogP contribution in [0.4, 0.5) is 5.69 Å². The largest absolute Gasteiger partial charge is 0.492 e. The standard InChI is InChI=1S/C13H17ClN2O5/c1-2-6-15-11(13(17)18)5-7-21-12-8-9(16(19)20)3-4-10(12)14/h3-4,8,11,15H,2,5-7H2,1H3,(H,17,18). The predicted molar refractivity (Wildman–Crippen MR) is 77.9 cm³/mol. The van der Waals surface area contributed by atoms with Gasteiger partial charge in [0.15, 0.2) is 0 Å². The second-order valence-electron chi connectivity index (χ2n) is 4.35. The number of rotatable bonds is 9. The zero-order valence-electron chi connectivity index (χ0n) is 11.5. The van der Waals surface area contributed by atoms with Crippen LogP contribution in [-0.4, -0.2) is 35.2 Å². The van der Waals surface area contributed by atoms with Gasteiger partial charge in [-0.25, -0.2) is 0 Å². The first-order valence-electron chi connectivity index (χ1n) is 6.48. The average molecular weight is 317 g/mol. The van der Waals surface area contributed by atoms with Gasteiger partial charge in [0.2, 0.25) is 0 Å². The quantitative estimate of drug-likeness (QED) is 0.536. The van der Waals surface area contributed by atoms with Gasteiger partial charge in [-0.1, -0.05) is 18.5 Å². The van der Waals surface area contributed by atoms with Crippen molar-refractivity contribution in [2.75, 3.05) is 13.2 Å². The normalized spacial score (nSPS) is 11.9. The molecule has 1 aromatic rings. The molecule has 1 rings (SSSR count). The maximum Gasteiger partial charge on any atom is 0.320 e. The van der Waals surface area contributed by atoms with Crippen LogP contribution >= 0.6 is 11.6 Å². The first-order chi connectivity index (χ1) is 9.95. The molecule has 0 saturated heterocycles. The van der Waals surface area contributed by atoms with Crippen molar-refractivity contribution >= 4 is 23.3 Å². The molecule has 1 atom stereocenters. The number of nitrogens with zero attached hydrogens (tertiary/aromatic N) is 1. The van der Waals surface area contributed by atoms with E-state index < -0.39 is 16.9 Å². The topological polar surface area (TPSA) is 102 Å². The van der Waals surface area contributed by atoms with Crippen molar-refractivity contribution in [3.63, 3.8) is 0 Å². The second kappa shape index (κ2) is 8.43. The number of carboxylic acid groups (broad SMARTS) is 1. The summed E-state index contributed by atoms with van der Waals surface area (Å²) < 4.78 is 5.35. The Balaban J connectivity index is 2.59. The number of benzene rings is 1. The SMILES string of the molecule is CCCNC(CCOc1cc([N+](=O)[O-])ccc1Cl)C(=O)O. The maximum absolute atomic E-state index is 11.0. The molecule has 0 fully saturated rings. The van der Waals surface area contributed by atoms with E-state index in [1.807, 2.05) is 6.92 Å². The smallest absolute Gasteiger partial charge is 0.320 e. The highest BCUT2D eigenvalue weighted by Gasteiger charge is 2.17. The van der Waals surface area contributed by atoms with Crippen molar-refractivity contribution in [3.05, 3.63) is 33.3 Å². The molecule has 0 heterocycles. The molecular weight excluding hydrogens is 300 g/mol. The number of non-ortho nitro benzene ring substituents is 1. The van der Waals surface area contributed by atoms with Crippen LogP contribution in [0.5, 0.6) is 5.75 Å². The molecule has 2 N–H and O–H groups in total. The molecule has 1 aromatic carbocycles. The van der Waals surface area contributed by atoms with Crippen molar-refractivity contribution in [2.45, 2.75) is 25.8 Å². The van der Waals surface area contributed by atoms with Crippen LogP contribution in [0.15, 0.2) is 18.2 Å². The molecule has 7 nitrogen and oxygen atoms in total. The Labute approximate surface area is 127 Å². The third-order valence-electron chi connectivity index (χ3n) is 2.73. The average Bonchev–Trinajstić information content (AvgIpc) is 2.43. The van der Waals surface area contributed by atoms with Crippen LogP contribution in [-0.2, 0) is 4.79 Å². The summed E-state index contributed by atoms with van der Waals surface area (Å²) in [6.45, 7) is 2.62. The number of nitro groups is 1. The summed E-state index contributed by atoms with van der Waals surface area (Å²) in [5.41, 5.74) is -0.131. The van der Waals surface area contributed by atoms with Gasteiger partial charge >= 0.3 is 5.97 Å². The van der Waals surface area contributed by atoms with Gasteiger partial charge in [0.1, 0.15) is 11.8 Å². The lowest BCUT2D eigenvalue weighted by Crippen LogP contribution is -2.38. The summed E-state index contributed by atoms with van der Waals surface area (Å²) in [6.07, 6.45) is 1.05. The van der Waals surface area contributed by atoms with E-state index >= 15 is 0 Å². The number of nitrogens with one attached hydrogen (secondary N) is 1. The van der Waals surface area contributed by atoms with Gasteiger partial charge < -0.3 is 15.2 Å². The van der Waals surface area contributed by atoms with Crippen molar-refractivity contribution in [3.8, 4) is 5.75 Å². The van der Waals surface area contributed by atoms with Crippen LogP contribution in [0.1, 0.15) is 19.8 Å². The van der Waals surface area contributed by atoms with E-state index in [-0.39, 0.29) is 29.5 Å². The van der Waals surface area contributed by atoms with Crippen molar-refractivity contribution in [1.82, 2.24) is 5.32 Å². The Hall–Kier alpha value is -1.86. The van der Waals surface area contributed by atoms with Crippen LogP contribution in [0.25, 0.3) is 0 Å². The highest BCUT2D eigenvalue weighted by atomic mass is 35.5. The van der Waals surface area contributed by atoms with Crippen molar-refractivity contribution in [2.24, 2.45) is 0 Å². The number of hydrogen-bond donors (Lipinski definition) is 2. The first-order valence-corrected chi connectivity index (χ1v) is 6.86. The van der Waals surface area contributed by atoms with Gasteiger partial charge in [-0.15, -0.1) is 0 Å². The zero-order chi connectivity index (χ0) is 15.8. The third-order valence-corrected chi connectivity index (χ3v) is 3.04. The summed E-state index contributed by atoms with van der Waals surface area (Å²) in [5, 5.41) is 22.8. The van der Waals surface area contributed by atoms with Crippen LogP contribution in [0.3, 0.4) is 0 Å². The molecule has 0 aliphatic carbocycles. The molecule has 0 amide bonds. The van der Waals surface area contributed by atoms with Crippen molar-refractivity contribution in [1.29, 1.82) is 0 Å². The Kier molecular flexibility index (Phi) is 6.90. The Morgan fingerprint density at radius 2 is 2.29 bits per heavy atom. The molecule has 0 aromatic heterocycles. The molecule has 8 heteroatoms. The highest BCUT2D eigenvalue weighted by molar-refractivity contribution is 6.32. The molecule has 0 spiro atoms. The zero-order valence-corrected chi connectivity index (χ0v) is 12.3. The Morgan fingerprint density at radius 1 is 1.57 bits per heavy atom. The van der Waals surface area contributed by atoms with Crippen LogP contribution < -0.4 is 10.1 Å². The number of carboxylic acids is 1. The Bertz CT molecular complexity index is 509. The lowest BCUT2D eigenvalue weighted by atomic mass is 10.2. The number of aliphatic carboxylic acids is 1. The number of ether oxygens (including phenoxy) is 1. The number of halogens is 1. The van der Waals surface area contributed by atoms with Gasteiger partial charge in [-0.05, 0) is 19.0 Å². The second-order valence-corrected chi connectivity index (χ2v) is 4.76. The molecule has 0 radical (unpaired) electrons. The summed E-state index contributed by atoms with van der Waals surface area (Å²) in [5.74, 6) is -0.789. The predicted octanol–water partition coefficient (Wildman–Crippen LogP) is 2.47. The van der Waals surface area contributed by atoms with E-state index in [0.717, 1.165) is 6.42 Å². The fraction of sp³-hybridized carbons (Fsp3) is 0.462. The van der Waals surface area contributed by atoms with E-state index in [2.05, 4.69) is 5.32 Å². The summed E-state index contributed by atoms with van der Waals surface area (Å²) in [4.78, 5) is 21.1. The minimum atomic E-state index is -0.961. The fourth-order valence-electron chi connectivity index (χ4n) is 1.63. The van der Waals surface area contributed by atoms with Gasteiger partial charge in [-0.2, -0.15) is 0 Å². The van der Waals surface area contributed by atoms with E-state index in [1.54, 1.807) is 0 Å². The van der Waals surface area contributed by atoms with Gasteiger partial charge in [0.05, 0.1) is 22.6 Å². The van der Waals surface area contributed by atoms with Crippen molar-refractivity contribution < 1.29 is 19.6 Å². The van der Waals surface area contributed by atoms with Gasteiger partial charge in [-0.3, -0.25) is 14.9 Å². The number of hydrogen-bond acceptors (Lipinski definition) is 5. The third kappa shape index (κ3) is 5.57. The highest BCUT2D eigenvalue weighted by Crippen LogP contribution is 2.28. The lowest BCUT2D eigenvalue weighted by Gasteiger charge is -2.14. The van der Waals surface area contributed by atoms with Gasteiger partial charge in [0.25, 0.3) is 5.69 Å². The minimum absolute atomic E-state index is 0.0918. The van der Waals surface area contributed by atoms with Gasteiger partial charge in [0, 0.05) is 12.5 Å². The van der Waals surface area contributed by atoms with Crippen LogP contribution in [0, 0.1) is 10.1 Å². The summed E-state index contributed by atoms with van der Waals surface area (Å²) in [6, 6.07) is 3.15. The molecule has 0 bridgehead atoms. The molecule has 0 aliphatic rings. The maximum atomic E-state index is 11.0. The van der Waals surface area contributed by atoms with E-state index in [0.29, 0.717) is 6.54 Å². The monoisotopic (exact) mass is 316 g/mol. The van der Waals surface area contributed by atoms with Crippen LogP contribution in [0.2, 0.25) is 5.02 Å². The molecule has 0 aliphatic heterocycles.